The van der Waals surface area contributed by atoms with Crippen molar-refractivity contribution in [3.63, 3.8) is 0 Å². The van der Waals surface area contributed by atoms with E-state index in [1.165, 1.54) is 6.42 Å². The Kier molecular flexibility index (Phi) is 10.4. The fraction of sp³-hybridized carbons (Fsp3) is 0.912. The number of rotatable bonds is 11. The zero-order valence-electron chi connectivity index (χ0n) is 31.1. The molecular weight excluding hydrogens is 615 g/mol. The normalized spacial score (nSPS) is 38.5. The first-order valence-corrected chi connectivity index (χ1v) is 31.1. The Hall–Kier alpha value is -0.0825. The van der Waals surface area contributed by atoms with Crippen LogP contribution in [0.15, 0.2) is 16.8 Å². The van der Waals surface area contributed by atoms with Crippen molar-refractivity contribution in [1.82, 2.24) is 0 Å². The van der Waals surface area contributed by atoms with Crippen molar-refractivity contribution in [2.24, 2.45) is 33.7 Å². The van der Waals surface area contributed by atoms with Gasteiger partial charge in [-0.1, -0.05) is 30.7 Å². The van der Waals surface area contributed by atoms with Crippen LogP contribution in [0, 0.1) is 28.6 Å². The number of allylic oxidation sites excluding steroid dienone is 1. The Morgan fingerprint density at radius 2 is 1.48 bits per heavy atom. The Morgan fingerprint density at radius 3 is 2.02 bits per heavy atom. The van der Waals surface area contributed by atoms with Gasteiger partial charge in [0.2, 0.25) is 0 Å². The van der Waals surface area contributed by atoms with Crippen molar-refractivity contribution < 1.29 is 22.5 Å². The predicted octanol–water partition coefficient (Wildman–Crippen LogP) is 9.44. The SMILES string of the molecule is CO/N=C(/CO[Si](C)(C)C)[C@@]1(O[Si](C)(C)C)CC[C@H]2[C@@H]3CC=C4C[C@@H](O[Si](C)(C)C)CC[C@]4(C)[C@H]3[C@@H](O[Si](C)(C)C)C[C@@]21C. The smallest absolute Gasteiger partial charge is 0.185 e. The first kappa shape index (κ1) is 36.7. The highest BCUT2D eigenvalue weighted by Gasteiger charge is 2.69. The highest BCUT2D eigenvalue weighted by molar-refractivity contribution is 6.71. The van der Waals surface area contributed by atoms with Crippen molar-refractivity contribution in [2.75, 3.05) is 13.7 Å². The molecule has 8 atom stereocenters. The summed E-state index contributed by atoms with van der Waals surface area (Å²) in [7, 11) is -5.57. The lowest BCUT2D eigenvalue weighted by Crippen LogP contribution is -2.65. The van der Waals surface area contributed by atoms with E-state index in [0.29, 0.717) is 30.5 Å². The van der Waals surface area contributed by atoms with Gasteiger partial charge in [0.1, 0.15) is 18.4 Å². The standard InChI is InChI=1S/C34H67NO5Si4/c1-32-20-18-26(38-42(7,8)9)22-25(32)16-17-27-28-19-21-34(40-44(13,14)15,30(35-36-3)24-37-41(4,5)6)33(28,2)23-29(31(27)32)39-43(10,11)12/h16,26-29,31H,17-24H2,1-15H3/b35-30-/t26-,27-,28-,29-,31+,32-,33-,34-/m0/s1. The molecule has 6 nitrogen and oxygen atoms in total. The average molecular weight is 682 g/mol. The molecule has 0 aromatic rings. The molecule has 44 heavy (non-hydrogen) atoms. The minimum Gasteiger partial charge on any atom is -0.414 e. The van der Waals surface area contributed by atoms with Gasteiger partial charge in [-0.2, -0.15) is 0 Å². The van der Waals surface area contributed by atoms with Gasteiger partial charge in [0.05, 0.1) is 6.61 Å². The highest BCUT2D eigenvalue weighted by atomic mass is 28.4. The zero-order valence-corrected chi connectivity index (χ0v) is 35.1. The Labute approximate surface area is 275 Å². The third-order valence-corrected chi connectivity index (χ3v) is 14.9. The predicted molar refractivity (Wildman–Crippen MR) is 194 cm³/mol. The van der Waals surface area contributed by atoms with Crippen LogP contribution in [0.4, 0.5) is 0 Å². The van der Waals surface area contributed by atoms with E-state index in [1.807, 2.05) is 0 Å². The van der Waals surface area contributed by atoms with Gasteiger partial charge in [-0.05, 0) is 147 Å². The molecule has 0 amide bonds. The largest absolute Gasteiger partial charge is 0.414 e. The molecule has 0 aliphatic heterocycles. The molecule has 3 saturated carbocycles. The van der Waals surface area contributed by atoms with Crippen LogP contribution in [0.5, 0.6) is 0 Å². The quantitative estimate of drug-likeness (QED) is 0.0941. The molecule has 0 bridgehead atoms. The van der Waals surface area contributed by atoms with Crippen LogP contribution in [0.2, 0.25) is 78.6 Å². The van der Waals surface area contributed by atoms with Crippen LogP contribution >= 0.6 is 0 Å². The minimum atomic E-state index is -2.00. The molecule has 0 saturated heterocycles. The summed E-state index contributed by atoms with van der Waals surface area (Å²) in [4.78, 5) is 5.61. The lowest BCUT2D eigenvalue weighted by molar-refractivity contribution is -0.140. The first-order chi connectivity index (χ1) is 19.9. The topological polar surface area (TPSA) is 58.5 Å². The van der Waals surface area contributed by atoms with Gasteiger partial charge in [0.15, 0.2) is 33.3 Å². The fourth-order valence-electron chi connectivity index (χ4n) is 9.71. The third kappa shape index (κ3) is 7.63. The molecule has 4 aliphatic carbocycles. The van der Waals surface area contributed by atoms with Crippen molar-refractivity contribution in [1.29, 1.82) is 0 Å². The van der Waals surface area contributed by atoms with Crippen molar-refractivity contribution in [2.45, 2.75) is 155 Å². The fourth-order valence-corrected chi connectivity index (χ4v) is 14.1. The summed E-state index contributed by atoms with van der Waals surface area (Å²) in [6, 6.07) is 0. The van der Waals surface area contributed by atoms with Gasteiger partial charge in [0, 0.05) is 17.6 Å². The molecule has 0 heterocycles. The second-order valence-corrected chi connectivity index (χ2v) is 36.7. The van der Waals surface area contributed by atoms with Gasteiger partial charge in [-0.3, -0.25) is 0 Å². The maximum absolute atomic E-state index is 7.48. The van der Waals surface area contributed by atoms with Gasteiger partial charge >= 0.3 is 0 Å². The summed E-state index contributed by atoms with van der Waals surface area (Å²) in [6.45, 7) is 33.4. The number of nitrogens with zero attached hydrogens (tertiary/aromatic N) is 1. The molecule has 0 aromatic heterocycles. The number of hydrogen-bond acceptors (Lipinski definition) is 6. The molecule has 4 rings (SSSR count). The maximum Gasteiger partial charge on any atom is 0.185 e. The summed E-state index contributed by atoms with van der Waals surface area (Å²) in [5, 5.41) is 4.78. The monoisotopic (exact) mass is 681 g/mol. The van der Waals surface area contributed by atoms with Gasteiger partial charge in [-0.15, -0.1) is 0 Å². The summed E-state index contributed by atoms with van der Waals surface area (Å²) >= 11 is 0. The molecule has 0 N–H and O–H groups in total. The van der Waals surface area contributed by atoms with E-state index in [4.69, 9.17) is 27.7 Å². The zero-order chi connectivity index (χ0) is 33.1. The molecule has 254 valence electrons. The lowest BCUT2D eigenvalue weighted by Gasteiger charge is -2.63. The molecule has 0 aromatic carbocycles. The minimum absolute atomic E-state index is 0.126. The van der Waals surface area contributed by atoms with E-state index >= 15 is 0 Å². The molecule has 10 heteroatoms. The molecule has 0 spiro atoms. The summed E-state index contributed by atoms with van der Waals surface area (Å²) < 4.78 is 28.1. The second-order valence-electron chi connectivity index (χ2n) is 18.9. The van der Waals surface area contributed by atoms with Gasteiger partial charge < -0.3 is 22.5 Å². The van der Waals surface area contributed by atoms with Crippen molar-refractivity contribution in [3.05, 3.63) is 11.6 Å². The molecule has 3 fully saturated rings. The summed E-state index contributed by atoms with van der Waals surface area (Å²) in [5.74, 6) is 1.61. The average Bonchev–Trinajstić information content (AvgIpc) is 3.10. The number of hydrogen-bond donors (Lipinski definition) is 0. The Morgan fingerprint density at radius 1 is 0.841 bits per heavy atom. The number of fused-ring (bicyclic) bond motifs is 5. The lowest BCUT2D eigenvalue weighted by atomic mass is 9.46. The number of oxime groups is 1. The molecular formula is C34H67NO5Si4. The van der Waals surface area contributed by atoms with Crippen LogP contribution in [-0.2, 0) is 22.5 Å². The van der Waals surface area contributed by atoms with E-state index in [9.17, 15) is 0 Å². The van der Waals surface area contributed by atoms with Gasteiger partial charge in [0.25, 0.3) is 0 Å². The second kappa shape index (κ2) is 12.4. The first-order valence-electron chi connectivity index (χ1n) is 17.4. The Bertz CT molecular complexity index is 1100. The van der Waals surface area contributed by atoms with Crippen LogP contribution in [0.25, 0.3) is 0 Å². The highest BCUT2D eigenvalue weighted by Crippen LogP contribution is 2.69. The van der Waals surface area contributed by atoms with Crippen molar-refractivity contribution in [3.8, 4) is 0 Å². The summed E-state index contributed by atoms with van der Waals surface area (Å²) in [5.41, 5.74) is 2.12. The van der Waals surface area contributed by atoms with Crippen LogP contribution < -0.4 is 0 Å². The summed E-state index contributed by atoms with van der Waals surface area (Å²) in [6.07, 6.45) is 10.9. The van der Waals surface area contributed by atoms with Crippen LogP contribution in [0.3, 0.4) is 0 Å². The van der Waals surface area contributed by atoms with E-state index in [-0.39, 0.29) is 16.9 Å². The van der Waals surface area contributed by atoms with E-state index in [0.717, 1.165) is 44.2 Å². The van der Waals surface area contributed by atoms with Crippen molar-refractivity contribution >= 4 is 39.0 Å². The van der Waals surface area contributed by atoms with Crippen LogP contribution in [0.1, 0.15) is 58.8 Å². The maximum atomic E-state index is 7.48. The molecule has 0 radical (unpaired) electrons. The molecule has 0 unspecified atom stereocenters. The van der Waals surface area contributed by atoms with Crippen LogP contribution in [-0.4, -0.2) is 70.5 Å². The molecule has 4 aliphatic rings. The van der Waals surface area contributed by atoms with E-state index in [2.05, 4.69) is 98.5 Å². The third-order valence-electron chi connectivity index (χ3n) is 10.9. The van der Waals surface area contributed by atoms with E-state index in [1.54, 1.807) is 12.7 Å². The van der Waals surface area contributed by atoms with E-state index < -0.39 is 38.9 Å². The Balaban J connectivity index is 1.81. The van der Waals surface area contributed by atoms with Gasteiger partial charge in [-0.25, -0.2) is 0 Å².